The van der Waals surface area contributed by atoms with E-state index in [9.17, 15) is 0 Å². The van der Waals surface area contributed by atoms with Crippen LogP contribution >= 0.6 is 0 Å². The van der Waals surface area contributed by atoms with Gasteiger partial charge in [0.05, 0.1) is 0 Å². The SMILES string of the molecule is [CH2-]N1CCc2cc(C)ccc2C1. The van der Waals surface area contributed by atoms with Crippen molar-refractivity contribution in [1.82, 2.24) is 4.90 Å². The number of benzene rings is 1. The minimum atomic E-state index is 1.01. The second-order valence-corrected chi connectivity index (χ2v) is 3.57. The minimum Gasteiger partial charge on any atom is -0.455 e. The number of fused-ring (bicyclic) bond motifs is 1. The summed E-state index contributed by atoms with van der Waals surface area (Å²) in [6.45, 7) is 4.25. The molecule has 0 radical (unpaired) electrons. The van der Waals surface area contributed by atoms with Crippen LogP contribution in [0.15, 0.2) is 18.2 Å². The number of rotatable bonds is 0. The van der Waals surface area contributed by atoms with E-state index in [0.717, 1.165) is 19.5 Å². The predicted molar refractivity (Wildman–Crippen MR) is 50.7 cm³/mol. The Balaban J connectivity index is 2.37. The normalized spacial score (nSPS) is 17.5. The van der Waals surface area contributed by atoms with Gasteiger partial charge in [0, 0.05) is 0 Å². The number of hydrogen-bond acceptors (Lipinski definition) is 1. The Morgan fingerprint density at radius 2 is 2.17 bits per heavy atom. The molecule has 1 aliphatic heterocycles. The summed E-state index contributed by atoms with van der Waals surface area (Å²) < 4.78 is 0. The van der Waals surface area contributed by atoms with Crippen LogP contribution < -0.4 is 0 Å². The van der Waals surface area contributed by atoms with Crippen molar-refractivity contribution in [3.05, 3.63) is 41.9 Å². The lowest BCUT2D eigenvalue weighted by atomic mass is 9.98. The number of aryl methyl sites for hydroxylation is 1. The van der Waals surface area contributed by atoms with Crippen molar-refractivity contribution in [1.29, 1.82) is 0 Å². The van der Waals surface area contributed by atoms with Crippen LogP contribution in [0, 0.1) is 14.0 Å². The van der Waals surface area contributed by atoms with Gasteiger partial charge in [0.1, 0.15) is 0 Å². The summed E-state index contributed by atoms with van der Waals surface area (Å²) in [6.07, 6.45) is 1.15. The van der Waals surface area contributed by atoms with E-state index in [2.05, 4.69) is 37.1 Å². The van der Waals surface area contributed by atoms with Crippen molar-refractivity contribution in [3.63, 3.8) is 0 Å². The van der Waals surface area contributed by atoms with Crippen molar-refractivity contribution >= 4 is 0 Å². The third-order valence-electron chi connectivity index (χ3n) is 2.45. The Morgan fingerprint density at radius 3 is 3.00 bits per heavy atom. The van der Waals surface area contributed by atoms with Gasteiger partial charge in [-0.05, 0) is 37.6 Å². The topological polar surface area (TPSA) is 3.24 Å². The Bertz CT molecular complexity index is 291. The highest BCUT2D eigenvalue weighted by molar-refractivity contribution is 5.33. The molecule has 64 valence electrons. The molecule has 0 fully saturated rings. The molecule has 1 aromatic rings. The van der Waals surface area contributed by atoms with E-state index in [1.165, 1.54) is 16.7 Å². The van der Waals surface area contributed by atoms with E-state index >= 15 is 0 Å². The zero-order valence-electron chi connectivity index (χ0n) is 7.51. The van der Waals surface area contributed by atoms with E-state index < -0.39 is 0 Å². The van der Waals surface area contributed by atoms with Crippen LogP contribution in [0.1, 0.15) is 16.7 Å². The molecule has 1 heterocycles. The molecule has 1 aliphatic rings. The highest BCUT2D eigenvalue weighted by atomic mass is 15.1. The fraction of sp³-hybridized carbons (Fsp3) is 0.364. The van der Waals surface area contributed by atoms with Crippen LogP contribution in [0.2, 0.25) is 0 Å². The molecule has 0 aliphatic carbocycles. The molecule has 2 rings (SSSR count). The molecule has 0 unspecified atom stereocenters. The van der Waals surface area contributed by atoms with Gasteiger partial charge < -0.3 is 4.90 Å². The van der Waals surface area contributed by atoms with Gasteiger partial charge in [-0.2, -0.15) is 0 Å². The first-order valence-electron chi connectivity index (χ1n) is 4.39. The molecule has 0 atom stereocenters. The Labute approximate surface area is 74.0 Å². The second-order valence-electron chi connectivity index (χ2n) is 3.57. The van der Waals surface area contributed by atoms with Gasteiger partial charge in [-0.1, -0.05) is 23.8 Å². The van der Waals surface area contributed by atoms with Crippen molar-refractivity contribution in [3.8, 4) is 0 Å². The van der Waals surface area contributed by atoms with Gasteiger partial charge in [0.2, 0.25) is 0 Å². The third kappa shape index (κ3) is 1.37. The molecular formula is C11H14N-. The Morgan fingerprint density at radius 1 is 1.33 bits per heavy atom. The van der Waals surface area contributed by atoms with Gasteiger partial charge in [0.25, 0.3) is 0 Å². The van der Waals surface area contributed by atoms with Crippen molar-refractivity contribution in [2.24, 2.45) is 0 Å². The molecule has 1 heteroatoms. The highest BCUT2D eigenvalue weighted by Gasteiger charge is 2.08. The molecule has 0 saturated carbocycles. The Hall–Kier alpha value is -0.820. The summed E-state index contributed by atoms with van der Waals surface area (Å²) >= 11 is 0. The average molecular weight is 160 g/mol. The maximum Gasteiger partial charge on any atom is -0.00421 e. The monoisotopic (exact) mass is 160 g/mol. The van der Waals surface area contributed by atoms with E-state index in [4.69, 9.17) is 0 Å². The molecule has 1 aromatic carbocycles. The lowest BCUT2D eigenvalue weighted by Crippen LogP contribution is -2.24. The summed E-state index contributed by atoms with van der Waals surface area (Å²) in [7, 11) is 3.95. The predicted octanol–water partition coefficient (Wildman–Crippen LogP) is 2.14. The third-order valence-corrected chi connectivity index (χ3v) is 2.45. The molecule has 0 saturated heterocycles. The van der Waals surface area contributed by atoms with E-state index in [0.29, 0.717) is 0 Å². The fourth-order valence-electron chi connectivity index (χ4n) is 1.74. The van der Waals surface area contributed by atoms with Crippen molar-refractivity contribution in [2.45, 2.75) is 19.9 Å². The molecule has 0 spiro atoms. The zero-order valence-corrected chi connectivity index (χ0v) is 7.51. The standard InChI is InChI=1S/C11H14N/c1-9-3-4-11-8-12(2)6-5-10(11)7-9/h3-4,7H,2,5-6,8H2,1H3/q-1. The summed E-state index contributed by atoms with van der Waals surface area (Å²) in [5, 5.41) is 0. The lowest BCUT2D eigenvalue weighted by molar-refractivity contribution is 0.347. The fourth-order valence-corrected chi connectivity index (χ4v) is 1.74. The van der Waals surface area contributed by atoms with Crippen LogP contribution in [-0.2, 0) is 13.0 Å². The molecule has 12 heavy (non-hydrogen) atoms. The largest absolute Gasteiger partial charge is 0.455 e. The molecular weight excluding hydrogens is 146 g/mol. The molecule has 0 bridgehead atoms. The van der Waals surface area contributed by atoms with Crippen LogP contribution in [-0.4, -0.2) is 11.4 Å². The summed E-state index contributed by atoms with van der Waals surface area (Å²) in [4.78, 5) is 2.12. The van der Waals surface area contributed by atoms with E-state index in [1.807, 2.05) is 0 Å². The first kappa shape index (κ1) is 7.81. The summed E-state index contributed by atoms with van der Waals surface area (Å²) in [5.41, 5.74) is 4.32. The maximum absolute atomic E-state index is 3.95. The van der Waals surface area contributed by atoms with Crippen LogP contribution in [0.5, 0.6) is 0 Å². The highest BCUT2D eigenvalue weighted by Crippen LogP contribution is 2.19. The van der Waals surface area contributed by atoms with Gasteiger partial charge >= 0.3 is 0 Å². The van der Waals surface area contributed by atoms with Gasteiger partial charge in [-0.15, -0.1) is 0 Å². The van der Waals surface area contributed by atoms with E-state index in [-0.39, 0.29) is 0 Å². The quantitative estimate of drug-likeness (QED) is 0.526. The Kier molecular flexibility index (Phi) is 1.89. The summed E-state index contributed by atoms with van der Waals surface area (Å²) in [5.74, 6) is 0. The van der Waals surface area contributed by atoms with Crippen molar-refractivity contribution in [2.75, 3.05) is 6.54 Å². The van der Waals surface area contributed by atoms with Crippen LogP contribution in [0.4, 0.5) is 0 Å². The minimum absolute atomic E-state index is 1.01. The molecule has 0 N–H and O–H groups in total. The van der Waals surface area contributed by atoms with Crippen LogP contribution in [0.3, 0.4) is 0 Å². The van der Waals surface area contributed by atoms with Gasteiger partial charge in [-0.25, -0.2) is 0 Å². The maximum atomic E-state index is 3.95. The summed E-state index contributed by atoms with van der Waals surface area (Å²) in [6, 6.07) is 6.70. The van der Waals surface area contributed by atoms with Gasteiger partial charge in [-0.3, -0.25) is 7.05 Å². The van der Waals surface area contributed by atoms with Gasteiger partial charge in [0.15, 0.2) is 0 Å². The first-order valence-corrected chi connectivity index (χ1v) is 4.39. The van der Waals surface area contributed by atoms with E-state index in [1.54, 1.807) is 0 Å². The smallest absolute Gasteiger partial charge is 0.00421 e. The zero-order chi connectivity index (χ0) is 8.55. The lowest BCUT2D eigenvalue weighted by Gasteiger charge is -2.31. The molecule has 1 nitrogen and oxygen atoms in total. The first-order chi connectivity index (χ1) is 5.75. The number of hydrogen-bond donors (Lipinski definition) is 0. The average Bonchev–Trinajstić information content (AvgIpc) is 2.05. The molecule has 0 amide bonds. The number of nitrogens with zero attached hydrogens (tertiary/aromatic N) is 1. The van der Waals surface area contributed by atoms with Crippen molar-refractivity contribution < 1.29 is 0 Å². The second kappa shape index (κ2) is 2.91. The van der Waals surface area contributed by atoms with Crippen LogP contribution in [0.25, 0.3) is 0 Å². The molecule has 0 aromatic heterocycles.